The Bertz CT molecular complexity index is 4550. The highest BCUT2D eigenvalue weighted by Crippen LogP contribution is 2.35. The van der Waals surface area contributed by atoms with Crippen molar-refractivity contribution in [3.8, 4) is 0 Å². The predicted octanol–water partition coefficient (Wildman–Crippen LogP) is 17.5. The maximum atomic E-state index is 5.58. The van der Waals surface area contributed by atoms with Crippen molar-refractivity contribution in [2.24, 2.45) is 0 Å². The molecule has 0 amide bonds. The molecule has 0 atom stereocenters. The first-order valence-corrected chi connectivity index (χ1v) is 29.1. The van der Waals surface area contributed by atoms with E-state index in [-0.39, 0.29) is 0 Å². The zero-order valence-corrected chi connectivity index (χ0v) is 48.6. The zero-order chi connectivity index (χ0) is 57.3. The summed E-state index contributed by atoms with van der Waals surface area (Å²) in [6, 6.07) is 40.3. The van der Waals surface area contributed by atoms with Crippen LogP contribution in [0.2, 0.25) is 0 Å². The third-order valence-electron chi connectivity index (χ3n) is 13.6. The quantitative estimate of drug-likeness (QED) is 0.139. The summed E-state index contributed by atoms with van der Waals surface area (Å²) in [5, 5.41) is 12.3. The first-order chi connectivity index (χ1) is 41.1. The van der Waals surface area contributed by atoms with Crippen LogP contribution in [0, 0.1) is 41.5 Å². The third kappa shape index (κ3) is 10.9. The number of rotatable bonds is 0. The molecule has 0 saturated heterocycles. The minimum Gasteiger partial charge on any atom is -0.438 e. The van der Waals surface area contributed by atoms with Gasteiger partial charge in [-0.1, -0.05) is 0 Å². The summed E-state index contributed by atoms with van der Waals surface area (Å²) in [4.78, 5) is 54.6. The van der Waals surface area contributed by atoms with Crippen LogP contribution in [0.25, 0.3) is 127 Å². The van der Waals surface area contributed by atoms with Crippen LogP contribution < -0.4 is 0 Å². The number of pyridine rings is 12. The number of hydrogen-bond donors (Lipinski definition) is 0. The van der Waals surface area contributed by atoms with Crippen LogP contribution in [0.1, 0.15) is 34.2 Å². The average Bonchev–Trinajstić information content (AvgIpc) is 4.55. The van der Waals surface area contributed by atoms with Crippen molar-refractivity contribution in [2.45, 2.75) is 41.5 Å². The Morgan fingerprint density at radius 3 is 1.42 bits per heavy atom. The molecule has 18 heteroatoms. The van der Waals surface area contributed by atoms with Crippen molar-refractivity contribution in [1.29, 1.82) is 0 Å². The molecule has 0 radical (unpaired) electrons. The largest absolute Gasteiger partial charge is 0.438 e. The molecule has 18 rings (SSSR count). The lowest BCUT2D eigenvalue weighted by Gasteiger charge is -1.91. The lowest BCUT2D eigenvalue weighted by Crippen LogP contribution is -1.78. The van der Waals surface area contributed by atoms with Gasteiger partial charge in [-0.3, -0.25) is 24.9 Å². The number of thiophene rings is 3. The van der Waals surface area contributed by atoms with E-state index in [9.17, 15) is 0 Å². The first-order valence-electron chi connectivity index (χ1n) is 26.7. The van der Waals surface area contributed by atoms with Crippen molar-refractivity contribution >= 4 is 161 Å². The van der Waals surface area contributed by atoms with E-state index in [1.165, 1.54) is 35.6 Å². The SMILES string of the molecule is Cc1ccc2c(n1)oc1ccncc12.Cc1ccc2c(n1)oc1cnccc12.Cc1ccc2c(n1)oc1ncccc12.Cc1ccc2c(n1)sc1cccnc12.Cc1ccc2c(n1)sc1ccncc12.Cc1ccc2c(n1)sc1cnccc12. The predicted molar refractivity (Wildman–Crippen MR) is 341 cm³/mol. The number of aryl methyl sites for hydroxylation is 6. The minimum absolute atomic E-state index is 0.653. The highest BCUT2D eigenvalue weighted by Gasteiger charge is 2.12. The van der Waals surface area contributed by atoms with Crippen molar-refractivity contribution in [3.63, 3.8) is 0 Å². The molecule has 0 unspecified atom stereocenters. The minimum atomic E-state index is 0.653. The van der Waals surface area contributed by atoms with Gasteiger partial charge in [0.1, 0.15) is 20.1 Å². The molecule has 15 nitrogen and oxygen atoms in total. The van der Waals surface area contributed by atoms with Crippen molar-refractivity contribution in [3.05, 3.63) is 217 Å². The van der Waals surface area contributed by atoms with E-state index in [4.69, 9.17) is 13.3 Å². The van der Waals surface area contributed by atoms with Crippen LogP contribution in [0.15, 0.2) is 197 Å². The van der Waals surface area contributed by atoms with Gasteiger partial charge in [-0.15, -0.1) is 34.0 Å². The highest BCUT2D eigenvalue weighted by molar-refractivity contribution is 7.26. The Kier molecular flexibility index (Phi) is 14.6. The van der Waals surface area contributed by atoms with Gasteiger partial charge in [-0.05, 0) is 163 Å². The fourth-order valence-electron chi connectivity index (χ4n) is 9.55. The van der Waals surface area contributed by atoms with Crippen LogP contribution in [0.4, 0.5) is 0 Å². The molecule has 0 bridgehead atoms. The molecule has 84 heavy (non-hydrogen) atoms. The highest BCUT2D eigenvalue weighted by atomic mass is 32.1. The number of aromatic nitrogens is 12. The number of nitrogens with zero attached hydrogens (tertiary/aromatic N) is 12. The van der Waals surface area contributed by atoms with Gasteiger partial charge in [0.15, 0.2) is 5.58 Å². The maximum Gasteiger partial charge on any atom is 0.229 e. The fraction of sp³-hybridized carbons (Fsp3) is 0.0909. The second kappa shape index (κ2) is 23.0. The molecule has 18 heterocycles. The Hall–Kier alpha value is -10.1. The van der Waals surface area contributed by atoms with Crippen molar-refractivity contribution in [2.75, 3.05) is 0 Å². The summed E-state index contributed by atoms with van der Waals surface area (Å²) in [5.41, 5.74) is 11.5. The first kappa shape index (κ1) is 53.2. The summed E-state index contributed by atoms with van der Waals surface area (Å²) < 4.78 is 20.3. The van der Waals surface area contributed by atoms with Gasteiger partial charge >= 0.3 is 0 Å². The van der Waals surface area contributed by atoms with Gasteiger partial charge in [-0.2, -0.15) is 0 Å². The summed E-state index contributed by atoms with van der Waals surface area (Å²) in [5.74, 6) is 0. The van der Waals surface area contributed by atoms with Gasteiger partial charge in [0.05, 0.1) is 21.1 Å². The molecule has 0 fully saturated rings. The molecule has 0 aliphatic heterocycles. The van der Waals surface area contributed by atoms with E-state index in [1.54, 1.807) is 65.0 Å². The summed E-state index contributed by atoms with van der Waals surface area (Å²) in [6.45, 7) is 11.9. The van der Waals surface area contributed by atoms with Crippen LogP contribution in [-0.2, 0) is 0 Å². The van der Waals surface area contributed by atoms with E-state index < -0.39 is 0 Å². The molecule has 18 aromatic rings. The van der Waals surface area contributed by atoms with Crippen LogP contribution >= 0.6 is 34.0 Å². The second-order valence-electron chi connectivity index (χ2n) is 19.6. The number of furan rings is 3. The smallest absolute Gasteiger partial charge is 0.229 e. The van der Waals surface area contributed by atoms with Crippen molar-refractivity contribution in [1.82, 2.24) is 59.8 Å². The van der Waals surface area contributed by atoms with Crippen LogP contribution in [0.5, 0.6) is 0 Å². The number of hydrogen-bond acceptors (Lipinski definition) is 18. The van der Waals surface area contributed by atoms with E-state index in [2.05, 4.69) is 90.1 Å². The average molecular weight is 1150 g/mol. The molecule has 0 aromatic carbocycles. The normalized spacial score (nSPS) is 11.2. The lowest BCUT2D eigenvalue weighted by molar-refractivity contribution is 0.639. The van der Waals surface area contributed by atoms with E-state index >= 15 is 0 Å². The van der Waals surface area contributed by atoms with Gasteiger partial charge in [0.25, 0.3) is 0 Å². The Labute approximate surface area is 490 Å². The summed E-state index contributed by atoms with van der Waals surface area (Å²) in [6.07, 6.45) is 18.0. The number of fused-ring (bicyclic) bond motifs is 18. The maximum absolute atomic E-state index is 5.58. The zero-order valence-electron chi connectivity index (χ0n) is 46.1. The van der Waals surface area contributed by atoms with Gasteiger partial charge in [0.2, 0.25) is 22.9 Å². The van der Waals surface area contributed by atoms with E-state index in [1.807, 2.05) is 164 Å². The van der Waals surface area contributed by atoms with Gasteiger partial charge < -0.3 is 13.3 Å². The molecule has 0 saturated carbocycles. The monoisotopic (exact) mass is 1150 g/mol. The fourth-order valence-corrected chi connectivity index (χ4v) is 12.8. The Balaban J connectivity index is 0.0000000940. The van der Waals surface area contributed by atoms with Crippen LogP contribution in [-0.4, -0.2) is 59.8 Å². The lowest BCUT2D eigenvalue weighted by atomic mass is 10.2. The second-order valence-corrected chi connectivity index (χ2v) is 22.7. The molecular formula is C66H48N12O3S3. The van der Waals surface area contributed by atoms with E-state index in [0.29, 0.717) is 22.9 Å². The standard InChI is InChI=1S/3C11H8N2O.3C11H8N2S/c1-7-2-3-9-8-4-5-12-6-10(8)14-11(9)13-7;1-7-2-3-8-9-6-12-5-4-10(9)14-11(8)13-7;1-7-4-5-9-8-3-2-6-12-10(8)14-11(9)13-7;1-7-2-3-9-8-4-5-12-6-10(8)14-11(9)13-7;1-7-2-3-8-9-6-12-5-4-10(9)14-11(8)13-7;1-7-4-5-8-10-9(3-2-6-12-10)14-11(8)13-7/h6*2-6H,1H3. The van der Waals surface area contributed by atoms with Gasteiger partial charge in [-0.25, -0.2) is 34.9 Å². The van der Waals surface area contributed by atoms with Crippen LogP contribution in [0.3, 0.4) is 0 Å². The van der Waals surface area contributed by atoms with Gasteiger partial charge in [0, 0.05) is 154 Å². The molecule has 0 aliphatic rings. The summed E-state index contributed by atoms with van der Waals surface area (Å²) >= 11 is 5.13. The third-order valence-corrected chi connectivity index (χ3v) is 16.8. The molecular weight excluding hydrogens is 1110 g/mol. The topological polar surface area (TPSA) is 194 Å². The Morgan fingerprint density at radius 2 is 0.726 bits per heavy atom. The van der Waals surface area contributed by atoms with E-state index in [0.717, 1.165) is 103 Å². The molecule has 408 valence electrons. The Morgan fingerprint density at radius 1 is 0.274 bits per heavy atom. The molecule has 0 N–H and O–H groups in total. The summed E-state index contributed by atoms with van der Waals surface area (Å²) in [7, 11) is 0. The van der Waals surface area contributed by atoms with Crippen molar-refractivity contribution < 1.29 is 13.3 Å². The molecule has 0 spiro atoms. The molecule has 18 aromatic heterocycles. The molecule has 0 aliphatic carbocycles.